The molecule has 0 bridgehead atoms. The fourth-order valence-corrected chi connectivity index (χ4v) is 2.75. The molecule has 1 aliphatic heterocycles. The van der Waals surface area contributed by atoms with Crippen LogP contribution in [0.4, 0.5) is 11.5 Å². The van der Waals surface area contributed by atoms with Crippen molar-refractivity contribution in [1.82, 2.24) is 14.9 Å². The van der Waals surface area contributed by atoms with Crippen molar-refractivity contribution in [2.75, 3.05) is 18.9 Å². The van der Waals surface area contributed by atoms with Crippen LogP contribution < -0.4 is 5.32 Å². The van der Waals surface area contributed by atoms with E-state index in [9.17, 15) is 14.9 Å². The predicted molar refractivity (Wildman–Crippen MR) is 93.2 cm³/mol. The smallest absolute Gasteiger partial charge is 0.269 e. The van der Waals surface area contributed by atoms with E-state index in [0.29, 0.717) is 17.2 Å². The molecule has 3 rings (SSSR count). The number of nitro benzene ring substituents is 1. The van der Waals surface area contributed by atoms with E-state index in [1.54, 1.807) is 24.1 Å². The van der Waals surface area contributed by atoms with E-state index in [-0.39, 0.29) is 17.6 Å². The predicted octanol–water partition coefficient (Wildman–Crippen LogP) is 2.26. The normalized spacial score (nSPS) is 17.0. The minimum atomic E-state index is -0.442. The summed E-state index contributed by atoms with van der Waals surface area (Å²) in [6.45, 7) is 2.71. The first-order valence-electron chi connectivity index (χ1n) is 8.12. The van der Waals surface area contributed by atoms with Crippen LogP contribution in [0.5, 0.6) is 0 Å². The molecule has 0 radical (unpaired) electrons. The molecule has 0 saturated carbocycles. The topological polar surface area (TPSA) is 101 Å². The Morgan fingerprint density at radius 1 is 1.32 bits per heavy atom. The van der Waals surface area contributed by atoms with Crippen molar-refractivity contribution in [2.45, 2.75) is 25.8 Å². The third-order valence-corrected chi connectivity index (χ3v) is 4.23. The Kier molecular flexibility index (Phi) is 4.60. The molecule has 8 heteroatoms. The quantitative estimate of drug-likeness (QED) is 0.661. The number of nitrogens with zero attached hydrogens (tertiary/aromatic N) is 4. The summed E-state index contributed by atoms with van der Waals surface area (Å²) in [6.07, 6.45) is 1.45. The second-order valence-corrected chi connectivity index (χ2v) is 5.97. The zero-order chi connectivity index (χ0) is 18.0. The third-order valence-electron chi connectivity index (χ3n) is 4.23. The molecule has 0 spiro atoms. The van der Waals surface area contributed by atoms with E-state index in [1.165, 1.54) is 12.1 Å². The monoisotopic (exact) mass is 341 g/mol. The van der Waals surface area contributed by atoms with E-state index < -0.39 is 4.92 Å². The molecule has 1 fully saturated rings. The number of benzene rings is 1. The van der Waals surface area contributed by atoms with E-state index in [2.05, 4.69) is 15.3 Å². The summed E-state index contributed by atoms with van der Waals surface area (Å²) in [5, 5.41) is 14.0. The Morgan fingerprint density at radius 2 is 2.04 bits per heavy atom. The SMILES string of the molecule is CCc1cc(NC2CCN(C)C2=O)nc(-c2ccc([N+](=O)[O-])cc2)n1. The maximum atomic E-state index is 12.1. The molecule has 1 aliphatic rings. The van der Waals surface area contributed by atoms with Gasteiger partial charge in [0.05, 0.1) is 4.92 Å². The van der Waals surface area contributed by atoms with Gasteiger partial charge in [0, 0.05) is 43.0 Å². The highest BCUT2D eigenvalue weighted by atomic mass is 16.6. The number of nitrogens with one attached hydrogen (secondary N) is 1. The van der Waals surface area contributed by atoms with E-state index in [4.69, 9.17) is 0 Å². The van der Waals surface area contributed by atoms with Gasteiger partial charge in [0.15, 0.2) is 5.82 Å². The van der Waals surface area contributed by atoms with Gasteiger partial charge in [-0.25, -0.2) is 9.97 Å². The number of non-ortho nitro benzene ring substituents is 1. The van der Waals surface area contributed by atoms with E-state index in [0.717, 1.165) is 25.1 Å². The molecular formula is C17H19N5O3. The molecule has 1 saturated heterocycles. The molecule has 2 heterocycles. The van der Waals surface area contributed by atoms with Crippen LogP contribution in [0.25, 0.3) is 11.4 Å². The number of nitro groups is 1. The van der Waals surface area contributed by atoms with Crippen molar-refractivity contribution in [1.29, 1.82) is 0 Å². The van der Waals surface area contributed by atoms with Crippen molar-refractivity contribution in [3.63, 3.8) is 0 Å². The Hall–Kier alpha value is -3.03. The fourth-order valence-electron chi connectivity index (χ4n) is 2.75. The van der Waals surface area contributed by atoms with Crippen LogP contribution in [0.2, 0.25) is 0 Å². The number of likely N-dealkylation sites (N-methyl/N-ethyl adjacent to an activating group) is 1. The molecule has 2 aromatic rings. The lowest BCUT2D eigenvalue weighted by Crippen LogP contribution is -2.31. The average Bonchev–Trinajstić information content (AvgIpc) is 2.93. The number of hydrogen-bond acceptors (Lipinski definition) is 6. The number of amides is 1. The van der Waals surface area contributed by atoms with Gasteiger partial charge in [0.25, 0.3) is 5.69 Å². The largest absolute Gasteiger partial charge is 0.358 e. The number of carbonyl (C=O) groups excluding carboxylic acids is 1. The lowest BCUT2D eigenvalue weighted by molar-refractivity contribution is -0.384. The maximum Gasteiger partial charge on any atom is 0.269 e. The summed E-state index contributed by atoms with van der Waals surface area (Å²) < 4.78 is 0. The second kappa shape index (κ2) is 6.84. The molecule has 1 unspecified atom stereocenters. The first kappa shape index (κ1) is 16.8. The van der Waals surface area contributed by atoms with Gasteiger partial charge in [0.2, 0.25) is 5.91 Å². The highest BCUT2D eigenvalue weighted by molar-refractivity contribution is 5.86. The maximum absolute atomic E-state index is 12.1. The molecule has 25 heavy (non-hydrogen) atoms. The summed E-state index contributed by atoms with van der Waals surface area (Å²) in [4.78, 5) is 33.1. The third kappa shape index (κ3) is 3.57. The molecule has 1 atom stereocenters. The van der Waals surface area contributed by atoms with Crippen LogP contribution >= 0.6 is 0 Å². The molecule has 1 aromatic heterocycles. The van der Waals surface area contributed by atoms with E-state index >= 15 is 0 Å². The summed E-state index contributed by atoms with van der Waals surface area (Å²) in [7, 11) is 1.78. The fraction of sp³-hybridized carbons (Fsp3) is 0.353. The van der Waals surface area contributed by atoms with Gasteiger partial charge in [-0.05, 0) is 25.0 Å². The molecule has 1 amide bonds. The summed E-state index contributed by atoms with van der Waals surface area (Å²) in [5.41, 5.74) is 1.55. The van der Waals surface area contributed by atoms with Crippen molar-refractivity contribution in [2.24, 2.45) is 0 Å². The molecule has 1 aromatic carbocycles. The number of anilines is 1. The lowest BCUT2D eigenvalue weighted by Gasteiger charge is -2.14. The molecular weight excluding hydrogens is 322 g/mol. The van der Waals surface area contributed by atoms with Gasteiger partial charge in [-0.15, -0.1) is 0 Å². The van der Waals surface area contributed by atoms with Gasteiger partial charge < -0.3 is 10.2 Å². The number of hydrogen-bond donors (Lipinski definition) is 1. The number of likely N-dealkylation sites (tertiary alicyclic amines) is 1. The zero-order valence-electron chi connectivity index (χ0n) is 14.1. The van der Waals surface area contributed by atoms with Gasteiger partial charge in [0.1, 0.15) is 11.9 Å². The molecule has 8 nitrogen and oxygen atoms in total. The summed E-state index contributed by atoms with van der Waals surface area (Å²) in [6, 6.07) is 7.67. The average molecular weight is 341 g/mol. The molecule has 1 N–H and O–H groups in total. The van der Waals surface area contributed by atoms with Crippen molar-refractivity contribution >= 4 is 17.4 Å². The Labute approximate surface area is 145 Å². The first-order chi connectivity index (χ1) is 12.0. The van der Waals surface area contributed by atoms with Gasteiger partial charge in [-0.2, -0.15) is 0 Å². The van der Waals surface area contributed by atoms with Crippen molar-refractivity contribution < 1.29 is 9.72 Å². The van der Waals surface area contributed by atoms with E-state index in [1.807, 2.05) is 13.0 Å². The van der Waals surface area contributed by atoms with Crippen LogP contribution in [-0.4, -0.2) is 45.3 Å². The molecule has 130 valence electrons. The van der Waals surface area contributed by atoms with Crippen LogP contribution in [-0.2, 0) is 11.2 Å². The summed E-state index contributed by atoms with van der Waals surface area (Å²) >= 11 is 0. The zero-order valence-corrected chi connectivity index (χ0v) is 14.1. The summed E-state index contributed by atoms with van der Waals surface area (Å²) in [5.74, 6) is 1.12. The Balaban J connectivity index is 1.89. The first-order valence-corrected chi connectivity index (χ1v) is 8.12. The Morgan fingerprint density at radius 3 is 2.60 bits per heavy atom. The highest BCUT2D eigenvalue weighted by Gasteiger charge is 2.29. The van der Waals surface area contributed by atoms with Crippen molar-refractivity contribution in [3.8, 4) is 11.4 Å². The van der Waals surface area contributed by atoms with Crippen LogP contribution in [0, 0.1) is 10.1 Å². The Bertz CT molecular complexity index is 806. The molecule has 0 aliphatic carbocycles. The number of rotatable bonds is 5. The number of carbonyl (C=O) groups is 1. The minimum absolute atomic E-state index is 0.0216. The van der Waals surface area contributed by atoms with Gasteiger partial charge in [-0.3, -0.25) is 14.9 Å². The van der Waals surface area contributed by atoms with Crippen LogP contribution in [0.1, 0.15) is 19.0 Å². The van der Waals surface area contributed by atoms with Gasteiger partial charge in [-0.1, -0.05) is 6.92 Å². The minimum Gasteiger partial charge on any atom is -0.358 e. The highest BCUT2D eigenvalue weighted by Crippen LogP contribution is 2.23. The standard InChI is InChI=1S/C17H19N5O3/c1-3-12-10-15(19-14-8-9-21(2)17(14)23)20-16(18-12)11-4-6-13(7-5-11)22(24)25/h4-7,10,14H,3,8-9H2,1-2H3,(H,18,19,20). The van der Waals surface area contributed by atoms with Gasteiger partial charge >= 0.3 is 0 Å². The van der Waals surface area contributed by atoms with Crippen molar-refractivity contribution in [3.05, 3.63) is 46.1 Å². The number of aryl methyl sites for hydroxylation is 1. The second-order valence-electron chi connectivity index (χ2n) is 5.97. The number of aromatic nitrogens is 2. The lowest BCUT2D eigenvalue weighted by atomic mass is 10.2. The van der Waals surface area contributed by atoms with Crippen LogP contribution in [0.15, 0.2) is 30.3 Å². The van der Waals surface area contributed by atoms with Crippen LogP contribution in [0.3, 0.4) is 0 Å².